The van der Waals surface area contributed by atoms with Gasteiger partial charge >= 0.3 is 24.7 Å². The van der Waals surface area contributed by atoms with E-state index in [1.54, 1.807) is 48.5 Å². The molecule has 4 aromatic carbocycles. The van der Waals surface area contributed by atoms with Gasteiger partial charge in [0, 0.05) is 25.2 Å². The smallest absolute Gasteiger partial charge is 0.416 e. The predicted molar refractivity (Wildman–Crippen MR) is 310 cm³/mol. The van der Waals surface area contributed by atoms with Crippen LogP contribution in [0.1, 0.15) is 72.2 Å². The Bertz CT molecular complexity index is 3370. The van der Waals surface area contributed by atoms with E-state index in [1.807, 2.05) is 49.9 Å². The summed E-state index contributed by atoms with van der Waals surface area (Å²) in [5.41, 5.74) is -6.53. The summed E-state index contributed by atoms with van der Waals surface area (Å²) in [6, 6.07) is 20.2. The van der Waals surface area contributed by atoms with E-state index in [0.717, 1.165) is 11.1 Å². The number of carbonyl (C=O) groups excluding carboxylic acids is 2. The molecule has 2 saturated heterocycles. The maximum Gasteiger partial charge on any atom is 0.416 e. The Morgan fingerprint density at radius 1 is 0.506 bits per heavy atom. The number of halogens is 12. The molecule has 0 unspecified atom stereocenters. The summed E-state index contributed by atoms with van der Waals surface area (Å²) in [5, 5.41) is 0. The second-order valence-electron chi connectivity index (χ2n) is 24.4. The molecule has 14 nitrogen and oxygen atoms in total. The van der Waals surface area contributed by atoms with Crippen LogP contribution in [0.4, 0.5) is 75.7 Å². The number of rotatable bonds is 16. The van der Waals surface area contributed by atoms with E-state index in [2.05, 4.69) is 9.97 Å². The minimum atomic E-state index is -5.13. The number of carbonyl (C=O) groups is 2. The summed E-state index contributed by atoms with van der Waals surface area (Å²) in [6.45, 7) is 11.1. The predicted octanol–water partition coefficient (Wildman–Crippen LogP) is 13.0. The topological polar surface area (TPSA) is 131 Å². The first kappa shape index (κ1) is 67.8. The molecule has 2 aliphatic rings. The lowest BCUT2D eigenvalue weighted by Crippen LogP contribution is -2.59. The summed E-state index contributed by atoms with van der Waals surface area (Å²) in [5.74, 6) is -0.647. The summed E-state index contributed by atoms with van der Waals surface area (Å²) in [4.78, 5) is 57.7. The largest absolute Gasteiger partial charge is 0.756 e. The number of pyridine rings is 2. The van der Waals surface area contributed by atoms with Gasteiger partial charge in [0.1, 0.15) is 11.6 Å². The highest BCUT2D eigenvalue weighted by Gasteiger charge is 2.44. The molecule has 0 aliphatic carbocycles. The van der Waals surface area contributed by atoms with Crippen LogP contribution in [0, 0.1) is 13.8 Å². The molecular formula is C62H68F12N8O6P+. The van der Waals surface area contributed by atoms with Crippen molar-refractivity contribution in [2.24, 2.45) is 0 Å². The van der Waals surface area contributed by atoms with Crippen molar-refractivity contribution in [3.8, 4) is 22.3 Å². The number of hydrogen-bond donors (Lipinski definition) is 0. The molecule has 4 heterocycles. The minimum Gasteiger partial charge on any atom is -0.756 e. The van der Waals surface area contributed by atoms with E-state index in [9.17, 15) is 71.7 Å². The second-order valence-corrected chi connectivity index (χ2v) is 25.8. The molecule has 0 radical (unpaired) electrons. The van der Waals surface area contributed by atoms with Crippen LogP contribution < -0.4 is 24.5 Å². The molecule has 27 heteroatoms. The maximum absolute atomic E-state index is 14.3. The number of nitrogens with zero attached hydrogens (tertiary/aromatic N) is 8. The first-order valence-corrected chi connectivity index (χ1v) is 29.6. The number of phosphoric acid groups is 1. The van der Waals surface area contributed by atoms with E-state index < -0.39 is 88.6 Å². The third-order valence-corrected chi connectivity index (χ3v) is 17.8. The van der Waals surface area contributed by atoms with Crippen LogP contribution in [0.5, 0.6) is 0 Å². The van der Waals surface area contributed by atoms with Crippen molar-refractivity contribution in [2.75, 3.05) is 114 Å². The number of piperazine rings is 2. The van der Waals surface area contributed by atoms with Crippen molar-refractivity contribution < 1.29 is 89.7 Å². The highest BCUT2D eigenvalue weighted by molar-refractivity contribution is 7.45. The highest BCUT2D eigenvalue weighted by atomic mass is 31.2. The van der Waals surface area contributed by atoms with E-state index in [-0.39, 0.29) is 45.9 Å². The number of benzene rings is 4. The van der Waals surface area contributed by atoms with Gasteiger partial charge in [0.2, 0.25) is 11.8 Å². The SMILES string of the molecule is Cc1ccccc1-c1cc(N2CC[N+](C)(COP(=O)([O-])OC[N+]3(C)CCN(c4cc(-c5ccccc5C)c(N(C)C(=O)C(C)(C)c5cc(C(F)(F)F)cc(C(F)(F)F)c5)cn4)CC3)CC2)ncc1N(C)C(=O)C(C)(C)c1cc(C(F)(F)F)cc(C(F)(F)F)c1. The zero-order valence-electron chi connectivity index (χ0n) is 50.5. The lowest BCUT2D eigenvalue weighted by molar-refractivity contribution is -0.928. The second kappa shape index (κ2) is 24.6. The Morgan fingerprint density at radius 3 is 1.07 bits per heavy atom. The molecule has 89 heavy (non-hydrogen) atoms. The number of quaternary nitrogens is 2. The maximum atomic E-state index is 14.3. The van der Waals surface area contributed by atoms with Gasteiger partial charge in [-0.2, -0.15) is 52.7 Å². The number of alkyl halides is 12. The number of hydrogen-bond acceptors (Lipinski definition) is 10. The number of anilines is 4. The van der Waals surface area contributed by atoms with Gasteiger partial charge in [0.15, 0.2) is 13.5 Å². The Labute approximate surface area is 507 Å². The molecule has 2 aliphatic heterocycles. The van der Waals surface area contributed by atoms with Crippen LogP contribution in [-0.4, -0.2) is 125 Å². The fourth-order valence-corrected chi connectivity index (χ4v) is 11.9. The molecule has 0 N–H and O–H groups in total. The Hall–Kier alpha value is -7.09. The molecule has 2 fully saturated rings. The quantitative estimate of drug-likeness (QED) is 0.0524. The third-order valence-electron chi connectivity index (χ3n) is 17.0. The minimum absolute atomic E-state index is 0.00878. The zero-order chi connectivity index (χ0) is 65.8. The number of aromatic nitrogens is 2. The molecule has 0 saturated carbocycles. The molecule has 0 atom stereocenters. The number of phosphoric ester groups is 1. The average molecular weight is 1280 g/mol. The van der Waals surface area contributed by atoms with E-state index in [4.69, 9.17) is 9.05 Å². The molecule has 0 bridgehead atoms. The summed E-state index contributed by atoms with van der Waals surface area (Å²) < 4.78 is 192. The Kier molecular flexibility index (Phi) is 18.8. The van der Waals surface area contributed by atoms with Gasteiger partial charge in [-0.1, -0.05) is 48.5 Å². The van der Waals surface area contributed by atoms with Gasteiger partial charge < -0.3 is 33.5 Å². The normalized spacial score (nSPS) is 16.1. The molecule has 8 rings (SSSR count). The fourth-order valence-electron chi connectivity index (χ4n) is 10.9. The molecule has 6 aromatic rings. The molecule has 0 spiro atoms. The van der Waals surface area contributed by atoms with Gasteiger partial charge in [-0.15, -0.1) is 0 Å². The van der Waals surface area contributed by atoms with Crippen LogP contribution in [0.15, 0.2) is 109 Å². The van der Waals surface area contributed by atoms with Crippen molar-refractivity contribution in [3.05, 3.63) is 154 Å². The number of amides is 2. The first-order chi connectivity index (χ1) is 41.0. The third kappa shape index (κ3) is 15.1. The van der Waals surface area contributed by atoms with Gasteiger partial charge in [0.25, 0.3) is 7.82 Å². The monoisotopic (exact) mass is 1280 g/mol. The van der Waals surface area contributed by atoms with Crippen molar-refractivity contribution in [1.82, 2.24) is 9.97 Å². The van der Waals surface area contributed by atoms with Gasteiger partial charge in [0.05, 0.1) is 123 Å². The summed E-state index contributed by atoms with van der Waals surface area (Å²) in [6.07, 6.45) is -17.7. The number of aryl methyl sites for hydroxylation is 2. The Morgan fingerprint density at radius 2 is 0.787 bits per heavy atom. The standard InChI is InChI=1S/C62H68F12N8O6P/c1-39-15-11-13-17-47(39)49-33-53(75-35-51(49)77(7)55(83)57(3,4)41-27-43(59(63,64)65)31-44(28-41)60(66,67)68)79-19-23-81(9,24-20-79)37-87-89(85,86)88-38-82(10)25-21-80(22-26-82)54-34-50(48-18-14-12-16-40(48)2)52(36-76-54)78(8)56(84)58(5,6)42-29-45(61(69,70)71)32-46(30-42)62(72,73)74/h11-18,27-36H,19-26,37-38H2,1-10H3/q+1. The van der Waals surface area contributed by atoms with E-state index >= 15 is 0 Å². The molecule has 2 amide bonds. The highest BCUT2D eigenvalue weighted by Crippen LogP contribution is 2.45. The molecule has 2 aromatic heterocycles. The van der Waals surface area contributed by atoms with Gasteiger partial charge in [-0.05, 0) is 123 Å². The van der Waals surface area contributed by atoms with Crippen molar-refractivity contribution in [3.63, 3.8) is 0 Å². The van der Waals surface area contributed by atoms with Gasteiger partial charge in [-0.25, -0.2) is 9.97 Å². The van der Waals surface area contributed by atoms with Crippen LogP contribution >= 0.6 is 7.82 Å². The number of likely N-dealkylation sites (N-methyl/N-ethyl adjacent to an activating group) is 4. The lowest BCUT2D eigenvalue weighted by atomic mass is 9.81. The lowest BCUT2D eigenvalue weighted by Gasteiger charge is -2.44. The first-order valence-electron chi connectivity index (χ1n) is 28.1. The average Bonchev–Trinajstić information content (AvgIpc) is 1.23. The van der Waals surface area contributed by atoms with Crippen LogP contribution in [0.3, 0.4) is 0 Å². The van der Waals surface area contributed by atoms with Crippen molar-refractivity contribution in [2.45, 2.75) is 77.1 Å². The zero-order valence-corrected chi connectivity index (χ0v) is 51.4. The van der Waals surface area contributed by atoms with Crippen molar-refractivity contribution in [1.29, 1.82) is 0 Å². The van der Waals surface area contributed by atoms with Crippen LogP contribution in [0.25, 0.3) is 22.3 Å². The van der Waals surface area contributed by atoms with Crippen LogP contribution in [-0.2, 0) is 58.7 Å². The Balaban J connectivity index is 0.908. The molecule has 480 valence electrons. The fraction of sp³-hybridized carbons (Fsp3) is 0.419. The van der Waals surface area contributed by atoms with Gasteiger partial charge in [-0.3, -0.25) is 23.2 Å². The van der Waals surface area contributed by atoms with E-state index in [0.29, 0.717) is 111 Å². The van der Waals surface area contributed by atoms with Crippen molar-refractivity contribution >= 4 is 42.6 Å². The molecular weight excluding hydrogens is 1210 g/mol. The van der Waals surface area contributed by atoms with E-state index in [1.165, 1.54) is 64.0 Å². The summed E-state index contributed by atoms with van der Waals surface area (Å²) >= 11 is 0. The van der Waals surface area contributed by atoms with Crippen LogP contribution in [0.2, 0.25) is 0 Å². The summed E-state index contributed by atoms with van der Waals surface area (Å²) in [7, 11) is 1.50.